The number of hydrogen-bond donors (Lipinski definition) is 1. The van der Waals surface area contributed by atoms with Crippen LogP contribution >= 0.6 is 0 Å². The van der Waals surface area contributed by atoms with Gasteiger partial charge in [-0.1, -0.05) is 17.7 Å². The molecule has 1 aliphatic carbocycles. The molecule has 0 fully saturated rings. The van der Waals surface area contributed by atoms with Crippen molar-refractivity contribution in [3.05, 3.63) is 41.1 Å². The first-order valence-electron chi connectivity index (χ1n) is 6.41. The van der Waals surface area contributed by atoms with Crippen LogP contribution in [-0.2, 0) is 13.0 Å². The molecule has 1 aromatic carbocycles. The number of aromatic nitrogens is 1. The predicted molar refractivity (Wildman–Crippen MR) is 71.0 cm³/mol. The zero-order chi connectivity index (χ0) is 11.4. The third-order valence-electron chi connectivity index (χ3n) is 3.97. The summed E-state index contributed by atoms with van der Waals surface area (Å²) in [5.74, 6) is 0. The van der Waals surface area contributed by atoms with Gasteiger partial charge in [-0.2, -0.15) is 0 Å². The normalized spacial score (nSPS) is 17.6. The van der Waals surface area contributed by atoms with Crippen LogP contribution in [0.25, 0.3) is 16.6 Å². The Morgan fingerprint density at radius 2 is 2.24 bits per heavy atom. The van der Waals surface area contributed by atoms with E-state index in [0.29, 0.717) is 0 Å². The van der Waals surface area contributed by atoms with Crippen molar-refractivity contribution >= 4 is 16.6 Å². The molecular formula is C15H16N2. The molecule has 0 spiro atoms. The predicted octanol–water partition coefficient (Wildman–Crippen LogP) is 2.84. The van der Waals surface area contributed by atoms with Gasteiger partial charge in [-0.25, -0.2) is 0 Å². The van der Waals surface area contributed by atoms with E-state index in [1.807, 2.05) is 0 Å². The fourth-order valence-corrected chi connectivity index (χ4v) is 3.25. The Balaban J connectivity index is 2.16. The molecule has 0 amide bonds. The maximum Gasteiger partial charge on any atom is 0.0683 e. The van der Waals surface area contributed by atoms with Gasteiger partial charge in [-0.3, -0.25) is 0 Å². The molecule has 1 aromatic heterocycles. The van der Waals surface area contributed by atoms with Crippen LogP contribution in [0, 0.1) is 6.92 Å². The second-order valence-corrected chi connectivity index (χ2v) is 5.08. The van der Waals surface area contributed by atoms with Crippen LogP contribution in [-0.4, -0.2) is 11.1 Å². The summed E-state index contributed by atoms with van der Waals surface area (Å²) in [7, 11) is 0. The van der Waals surface area contributed by atoms with E-state index in [9.17, 15) is 0 Å². The average Bonchev–Trinajstić information content (AvgIpc) is 2.67. The van der Waals surface area contributed by atoms with Crippen molar-refractivity contribution in [2.75, 3.05) is 6.54 Å². The van der Waals surface area contributed by atoms with Gasteiger partial charge in [0.1, 0.15) is 0 Å². The Bertz CT molecular complexity index is 646. The van der Waals surface area contributed by atoms with Crippen molar-refractivity contribution in [2.45, 2.75) is 26.3 Å². The largest absolute Gasteiger partial charge is 0.382 e. The van der Waals surface area contributed by atoms with Gasteiger partial charge in [-0.15, -0.1) is 0 Å². The van der Waals surface area contributed by atoms with Crippen LogP contribution in [0.5, 0.6) is 0 Å². The number of fused-ring (bicyclic) bond motifs is 3. The summed E-state index contributed by atoms with van der Waals surface area (Å²) in [5.41, 5.74) is 7.12. The van der Waals surface area contributed by atoms with Gasteiger partial charge in [0.15, 0.2) is 0 Å². The lowest BCUT2D eigenvalue weighted by Gasteiger charge is -2.24. The highest BCUT2D eigenvalue weighted by atomic mass is 15.1. The molecule has 0 unspecified atom stereocenters. The van der Waals surface area contributed by atoms with Gasteiger partial charge < -0.3 is 9.88 Å². The number of hydrogen-bond acceptors (Lipinski definition) is 1. The zero-order valence-electron chi connectivity index (χ0n) is 10.1. The maximum atomic E-state index is 3.53. The maximum absolute atomic E-state index is 3.53. The van der Waals surface area contributed by atoms with E-state index in [4.69, 9.17) is 0 Å². The number of nitrogens with zero attached hydrogens (tertiary/aromatic N) is 1. The minimum Gasteiger partial charge on any atom is -0.382 e. The summed E-state index contributed by atoms with van der Waals surface area (Å²) >= 11 is 0. The molecule has 2 aromatic rings. The van der Waals surface area contributed by atoms with Crippen molar-refractivity contribution < 1.29 is 0 Å². The Morgan fingerprint density at radius 3 is 3.18 bits per heavy atom. The molecule has 0 radical (unpaired) electrons. The Labute approximate surface area is 101 Å². The summed E-state index contributed by atoms with van der Waals surface area (Å²) in [6, 6.07) is 6.85. The summed E-state index contributed by atoms with van der Waals surface area (Å²) < 4.78 is 2.49. The molecular weight excluding hydrogens is 208 g/mol. The molecule has 1 N–H and O–H groups in total. The van der Waals surface area contributed by atoms with Gasteiger partial charge >= 0.3 is 0 Å². The standard InChI is InChI=1S/C15H16N2/c1-10-5-6-14-12(9-10)11-3-2-4-13-15(11)17(14)8-7-16-13/h4-6,9,16H,2-3,7-8H2,1H3. The molecule has 0 atom stereocenters. The van der Waals surface area contributed by atoms with Crippen molar-refractivity contribution in [1.29, 1.82) is 0 Å². The average molecular weight is 224 g/mol. The van der Waals surface area contributed by atoms with Crippen LogP contribution in [0.3, 0.4) is 0 Å². The fourth-order valence-electron chi connectivity index (χ4n) is 3.25. The van der Waals surface area contributed by atoms with Gasteiger partial charge in [0.2, 0.25) is 0 Å². The second kappa shape index (κ2) is 3.16. The zero-order valence-corrected chi connectivity index (χ0v) is 10.1. The quantitative estimate of drug-likeness (QED) is 0.728. The summed E-state index contributed by atoms with van der Waals surface area (Å²) in [4.78, 5) is 0. The highest BCUT2D eigenvalue weighted by molar-refractivity contribution is 5.91. The van der Waals surface area contributed by atoms with E-state index in [2.05, 4.69) is 41.1 Å². The number of benzene rings is 1. The molecule has 86 valence electrons. The van der Waals surface area contributed by atoms with Crippen LogP contribution in [0.2, 0.25) is 0 Å². The lowest BCUT2D eigenvalue weighted by Crippen LogP contribution is -2.28. The second-order valence-electron chi connectivity index (χ2n) is 5.08. The Kier molecular flexibility index (Phi) is 1.74. The van der Waals surface area contributed by atoms with E-state index in [1.54, 1.807) is 5.56 Å². The highest BCUT2D eigenvalue weighted by Gasteiger charge is 2.24. The number of rotatable bonds is 0. The minimum absolute atomic E-state index is 1.05. The number of allylic oxidation sites excluding steroid dienone is 1. The molecule has 2 aliphatic rings. The smallest absolute Gasteiger partial charge is 0.0683 e. The van der Waals surface area contributed by atoms with Crippen LogP contribution in [0.4, 0.5) is 0 Å². The van der Waals surface area contributed by atoms with E-state index >= 15 is 0 Å². The highest BCUT2D eigenvalue weighted by Crippen LogP contribution is 2.36. The van der Waals surface area contributed by atoms with E-state index in [0.717, 1.165) is 13.1 Å². The molecule has 2 heterocycles. The van der Waals surface area contributed by atoms with Crippen molar-refractivity contribution in [1.82, 2.24) is 9.88 Å². The number of nitrogens with one attached hydrogen (secondary N) is 1. The van der Waals surface area contributed by atoms with Crippen LogP contribution in [0.15, 0.2) is 24.3 Å². The van der Waals surface area contributed by atoms with Gasteiger partial charge in [-0.05, 0) is 37.5 Å². The lowest BCUT2D eigenvalue weighted by molar-refractivity contribution is 0.632. The molecule has 1 aliphatic heterocycles. The third kappa shape index (κ3) is 1.15. The van der Waals surface area contributed by atoms with Gasteiger partial charge in [0, 0.05) is 24.0 Å². The molecule has 2 heteroatoms. The monoisotopic (exact) mass is 224 g/mol. The van der Waals surface area contributed by atoms with E-state index < -0.39 is 0 Å². The summed E-state index contributed by atoms with van der Waals surface area (Å²) in [6.45, 7) is 4.32. The molecule has 17 heavy (non-hydrogen) atoms. The molecule has 2 nitrogen and oxygen atoms in total. The summed E-state index contributed by atoms with van der Waals surface area (Å²) in [6.07, 6.45) is 4.71. The van der Waals surface area contributed by atoms with Gasteiger partial charge in [0.25, 0.3) is 0 Å². The fraction of sp³-hybridized carbons (Fsp3) is 0.333. The van der Waals surface area contributed by atoms with Crippen molar-refractivity contribution in [3.8, 4) is 0 Å². The molecule has 0 saturated carbocycles. The topological polar surface area (TPSA) is 17.0 Å². The van der Waals surface area contributed by atoms with E-state index in [-0.39, 0.29) is 0 Å². The van der Waals surface area contributed by atoms with E-state index in [1.165, 1.54) is 40.7 Å². The molecule has 4 rings (SSSR count). The van der Waals surface area contributed by atoms with Crippen LogP contribution < -0.4 is 5.32 Å². The lowest BCUT2D eigenvalue weighted by atomic mass is 9.97. The van der Waals surface area contributed by atoms with Crippen molar-refractivity contribution in [3.63, 3.8) is 0 Å². The first-order chi connectivity index (χ1) is 8.34. The Morgan fingerprint density at radius 1 is 1.29 bits per heavy atom. The number of aryl methyl sites for hydroxylation is 2. The Hall–Kier alpha value is -1.70. The molecule has 0 bridgehead atoms. The SMILES string of the molecule is Cc1ccc2c(c1)c1c3n2CCNC3=CCC1. The first kappa shape index (κ1) is 9.34. The van der Waals surface area contributed by atoms with Crippen molar-refractivity contribution in [2.24, 2.45) is 0 Å². The van der Waals surface area contributed by atoms with Gasteiger partial charge in [0.05, 0.1) is 11.4 Å². The molecule has 0 saturated heterocycles. The van der Waals surface area contributed by atoms with Crippen LogP contribution in [0.1, 0.15) is 23.2 Å². The minimum atomic E-state index is 1.05. The summed E-state index contributed by atoms with van der Waals surface area (Å²) in [5, 5.41) is 5.00. The third-order valence-corrected chi connectivity index (χ3v) is 3.97. The first-order valence-corrected chi connectivity index (χ1v) is 6.41.